The number of halogens is 1. The summed E-state index contributed by atoms with van der Waals surface area (Å²) in [6.07, 6.45) is 3.73. The third-order valence-electron chi connectivity index (χ3n) is 4.65. The minimum absolute atomic E-state index is 0.237. The molecule has 1 aliphatic rings. The Morgan fingerprint density at radius 1 is 1.18 bits per heavy atom. The molecule has 0 bridgehead atoms. The lowest BCUT2D eigenvalue weighted by atomic mass is 10.1. The van der Waals surface area contributed by atoms with Crippen LogP contribution in [-0.2, 0) is 4.43 Å². The fourth-order valence-corrected chi connectivity index (χ4v) is 5.54. The summed E-state index contributed by atoms with van der Waals surface area (Å²) in [5.41, 5.74) is 0. The van der Waals surface area contributed by atoms with Crippen LogP contribution in [0.15, 0.2) is 44.6 Å². The second-order valence-electron chi connectivity index (χ2n) is 7.45. The predicted molar refractivity (Wildman–Crippen MR) is 104 cm³/mol. The van der Waals surface area contributed by atoms with Crippen LogP contribution in [0.3, 0.4) is 0 Å². The number of benzene rings is 1. The summed E-state index contributed by atoms with van der Waals surface area (Å²) in [4.78, 5) is 2.74. The van der Waals surface area contributed by atoms with E-state index in [1.54, 1.807) is 0 Å². The van der Waals surface area contributed by atoms with Gasteiger partial charge in [-0.25, -0.2) is 0 Å². The standard InChI is InChI=1S/C18H27BrOSSi/c1-18(2,3)22(4,5)20-15-12-9-13-16(17(15)19)21-14-10-7-6-8-11-14/h6-8,10-11,15H,9,12-13H2,1-5H3/t15-/m0/s1. The average molecular weight is 399 g/mol. The Labute approximate surface area is 149 Å². The SMILES string of the molecule is CC(C)(C)[Si](C)(C)O[C@H]1CCCC(Sc2ccccc2)=C1Br. The van der Waals surface area contributed by atoms with Crippen molar-refractivity contribution in [3.8, 4) is 0 Å². The van der Waals surface area contributed by atoms with Gasteiger partial charge in [0.1, 0.15) is 0 Å². The number of thioether (sulfide) groups is 1. The van der Waals surface area contributed by atoms with E-state index < -0.39 is 8.32 Å². The van der Waals surface area contributed by atoms with E-state index in [2.05, 4.69) is 80.1 Å². The maximum atomic E-state index is 6.64. The zero-order valence-corrected chi connectivity index (χ0v) is 17.7. The third kappa shape index (κ3) is 4.50. The van der Waals surface area contributed by atoms with Crippen LogP contribution in [0.1, 0.15) is 40.0 Å². The Hall–Kier alpha value is -0.0331. The van der Waals surface area contributed by atoms with Crippen molar-refractivity contribution in [1.82, 2.24) is 0 Å². The Morgan fingerprint density at radius 2 is 1.82 bits per heavy atom. The minimum Gasteiger partial charge on any atom is -0.409 e. The molecule has 1 aromatic carbocycles. The van der Waals surface area contributed by atoms with Crippen LogP contribution in [0.2, 0.25) is 18.1 Å². The van der Waals surface area contributed by atoms with E-state index in [9.17, 15) is 0 Å². The highest BCUT2D eigenvalue weighted by Crippen LogP contribution is 2.44. The lowest BCUT2D eigenvalue weighted by Gasteiger charge is -2.40. The summed E-state index contributed by atoms with van der Waals surface area (Å²) in [5.74, 6) is 0. The van der Waals surface area contributed by atoms with Crippen LogP contribution < -0.4 is 0 Å². The van der Waals surface area contributed by atoms with Crippen molar-refractivity contribution in [2.45, 2.75) is 69.2 Å². The van der Waals surface area contributed by atoms with Crippen LogP contribution in [-0.4, -0.2) is 14.4 Å². The van der Waals surface area contributed by atoms with Crippen LogP contribution in [0, 0.1) is 0 Å². The van der Waals surface area contributed by atoms with Gasteiger partial charge in [-0.05, 0) is 49.5 Å². The van der Waals surface area contributed by atoms with Gasteiger partial charge in [-0.15, -0.1) is 0 Å². The topological polar surface area (TPSA) is 9.23 Å². The second-order valence-corrected chi connectivity index (χ2v) is 14.2. The molecule has 0 fully saturated rings. The molecule has 0 N–H and O–H groups in total. The molecular formula is C18H27BrOSSi. The van der Waals surface area contributed by atoms with Crippen molar-refractivity contribution >= 4 is 36.0 Å². The first-order valence-corrected chi connectivity index (χ1v) is 12.5. The molecule has 0 radical (unpaired) electrons. The first-order valence-electron chi connectivity index (χ1n) is 8.00. The zero-order chi connectivity index (χ0) is 16.4. The van der Waals surface area contributed by atoms with Gasteiger partial charge >= 0.3 is 0 Å². The van der Waals surface area contributed by atoms with Crippen molar-refractivity contribution in [3.05, 3.63) is 39.7 Å². The van der Waals surface area contributed by atoms with E-state index >= 15 is 0 Å². The average Bonchev–Trinajstić information content (AvgIpc) is 2.43. The van der Waals surface area contributed by atoms with Crippen molar-refractivity contribution in [2.75, 3.05) is 0 Å². The van der Waals surface area contributed by atoms with Crippen molar-refractivity contribution in [2.24, 2.45) is 0 Å². The lowest BCUT2D eigenvalue weighted by Crippen LogP contribution is -2.44. The highest BCUT2D eigenvalue weighted by atomic mass is 79.9. The molecule has 0 aliphatic heterocycles. The van der Waals surface area contributed by atoms with Crippen molar-refractivity contribution < 1.29 is 4.43 Å². The first-order chi connectivity index (χ1) is 10.2. The largest absolute Gasteiger partial charge is 0.409 e. The molecule has 0 saturated carbocycles. The Kier molecular flexibility index (Phi) is 6.03. The maximum Gasteiger partial charge on any atom is 0.192 e. The van der Waals surface area contributed by atoms with Crippen molar-refractivity contribution in [1.29, 1.82) is 0 Å². The molecule has 1 nitrogen and oxygen atoms in total. The van der Waals surface area contributed by atoms with Gasteiger partial charge in [0, 0.05) is 14.3 Å². The van der Waals surface area contributed by atoms with Crippen LogP contribution in [0.4, 0.5) is 0 Å². The third-order valence-corrected chi connectivity index (χ3v) is 11.6. The molecule has 1 atom stereocenters. The summed E-state index contributed by atoms with van der Waals surface area (Å²) in [7, 11) is -1.73. The maximum absolute atomic E-state index is 6.64. The highest BCUT2D eigenvalue weighted by Gasteiger charge is 2.40. The molecule has 22 heavy (non-hydrogen) atoms. The van der Waals surface area contributed by atoms with E-state index in [-0.39, 0.29) is 11.1 Å². The number of hydrogen-bond acceptors (Lipinski definition) is 2. The lowest BCUT2D eigenvalue weighted by molar-refractivity contribution is 0.204. The number of allylic oxidation sites excluding steroid dienone is 1. The normalized spacial score (nSPS) is 20.4. The fourth-order valence-electron chi connectivity index (χ4n) is 2.25. The van der Waals surface area contributed by atoms with E-state index in [0.29, 0.717) is 0 Å². The monoisotopic (exact) mass is 398 g/mol. The minimum atomic E-state index is -1.73. The van der Waals surface area contributed by atoms with Gasteiger partial charge in [0.15, 0.2) is 8.32 Å². The summed E-state index contributed by atoms with van der Waals surface area (Å²) in [6, 6.07) is 10.6. The molecule has 1 aliphatic carbocycles. The molecule has 0 unspecified atom stereocenters. The molecule has 2 rings (SSSR count). The summed E-state index contributed by atoms with van der Waals surface area (Å²) in [6.45, 7) is 11.6. The second kappa shape index (κ2) is 7.25. The van der Waals surface area contributed by atoms with Gasteiger partial charge < -0.3 is 4.43 Å². The fraction of sp³-hybridized carbons (Fsp3) is 0.556. The summed E-state index contributed by atoms with van der Waals surface area (Å²) < 4.78 is 7.92. The molecular weight excluding hydrogens is 372 g/mol. The summed E-state index contributed by atoms with van der Waals surface area (Å²) in [5, 5.41) is 0.254. The van der Waals surface area contributed by atoms with E-state index in [4.69, 9.17) is 4.43 Å². The molecule has 0 amide bonds. The molecule has 122 valence electrons. The molecule has 0 spiro atoms. The van der Waals surface area contributed by atoms with Gasteiger partial charge in [0.25, 0.3) is 0 Å². The Balaban J connectivity index is 2.15. The van der Waals surface area contributed by atoms with Crippen molar-refractivity contribution in [3.63, 3.8) is 0 Å². The van der Waals surface area contributed by atoms with E-state index in [1.165, 1.54) is 20.7 Å². The molecule has 0 saturated heterocycles. The quantitative estimate of drug-likeness (QED) is 0.506. The zero-order valence-electron chi connectivity index (χ0n) is 14.3. The predicted octanol–water partition coefficient (Wildman–Crippen LogP) is 6.96. The molecule has 0 heterocycles. The molecule has 4 heteroatoms. The summed E-state index contributed by atoms with van der Waals surface area (Å²) >= 11 is 5.73. The van der Waals surface area contributed by atoms with Gasteiger partial charge in [-0.2, -0.15) is 0 Å². The van der Waals surface area contributed by atoms with Gasteiger partial charge in [-0.3, -0.25) is 0 Å². The van der Waals surface area contributed by atoms with E-state index in [0.717, 1.165) is 12.8 Å². The first kappa shape index (κ1) is 18.3. The van der Waals surface area contributed by atoms with Gasteiger partial charge in [0.05, 0.1) is 6.10 Å². The Bertz CT molecular complexity index is 534. The van der Waals surface area contributed by atoms with Crippen LogP contribution in [0.5, 0.6) is 0 Å². The number of hydrogen-bond donors (Lipinski definition) is 0. The molecule has 0 aromatic heterocycles. The number of rotatable bonds is 4. The van der Waals surface area contributed by atoms with E-state index in [1.807, 2.05) is 11.8 Å². The van der Waals surface area contributed by atoms with Gasteiger partial charge in [0.2, 0.25) is 0 Å². The van der Waals surface area contributed by atoms with Crippen LogP contribution >= 0.6 is 27.7 Å². The Morgan fingerprint density at radius 3 is 2.41 bits per heavy atom. The van der Waals surface area contributed by atoms with Gasteiger partial charge in [-0.1, -0.05) is 66.7 Å². The molecule has 1 aromatic rings. The highest BCUT2D eigenvalue weighted by molar-refractivity contribution is 9.11. The van der Waals surface area contributed by atoms with Crippen LogP contribution in [0.25, 0.3) is 0 Å². The smallest absolute Gasteiger partial charge is 0.192 e.